The molecular weight excluding hydrogens is 394 g/mol. The van der Waals surface area contributed by atoms with E-state index in [2.05, 4.69) is 13.0 Å². The Morgan fingerprint density at radius 3 is 2.03 bits per heavy atom. The van der Waals surface area contributed by atoms with Gasteiger partial charge in [0.25, 0.3) is 0 Å². The Morgan fingerprint density at radius 2 is 1.47 bits per heavy atom. The number of hydrogen-bond donors (Lipinski definition) is 0. The van der Waals surface area contributed by atoms with Crippen molar-refractivity contribution in [2.45, 2.75) is 84.0 Å². The number of nitrogens with zero attached hydrogens (tertiary/aromatic N) is 1. The Balaban J connectivity index is 1.33. The fraction of sp³-hybridized carbons (Fsp3) is 0.517. The summed E-state index contributed by atoms with van der Waals surface area (Å²) in [5.74, 6) is 2.02. The third-order valence-corrected chi connectivity index (χ3v) is 6.89. The van der Waals surface area contributed by atoms with Crippen LogP contribution in [0.1, 0.15) is 99.0 Å². The summed E-state index contributed by atoms with van der Waals surface area (Å²) in [5.41, 5.74) is 2.37. The van der Waals surface area contributed by atoms with Crippen molar-refractivity contribution in [1.82, 2.24) is 0 Å². The van der Waals surface area contributed by atoms with Crippen LogP contribution in [0.5, 0.6) is 5.75 Å². The molecule has 0 radical (unpaired) electrons. The summed E-state index contributed by atoms with van der Waals surface area (Å²) >= 11 is 0. The first-order chi connectivity index (χ1) is 15.7. The highest BCUT2D eigenvalue weighted by Crippen LogP contribution is 2.34. The van der Waals surface area contributed by atoms with E-state index in [9.17, 15) is 4.79 Å². The first-order valence-electron chi connectivity index (χ1n) is 12.5. The Labute approximate surface area is 193 Å². The number of rotatable bonds is 11. The van der Waals surface area contributed by atoms with Crippen molar-refractivity contribution in [3.8, 4) is 11.8 Å². The highest BCUT2D eigenvalue weighted by atomic mass is 16.5. The molecule has 0 amide bonds. The Hall–Kier alpha value is -2.60. The summed E-state index contributed by atoms with van der Waals surface area (Å²) in [4.78, 5) is 12.3. The van der Waals surface area contributed by atoms with Crippen LogP contribution in [0.25, 0.3) is 0 Å². The van der Waals surface area contributed by atoms with Crippen LogP contribution < -0.4 is 4.74 Å². The lowest BCUT2D eigenvalue weighted by atomic mass is 9.78. The largest absolute Gasteiger partial charge is 0.423 e. The molecule has 0 atom stereocenters. The molecule has 32 heavy (non-hydrogen) atoms. The number of hydrogen-bond acceptors (Lipinski definition) is 3. The smallest absolute Gasteiger partial charge is 0.343 e. The van der Waals surface area contributed by atoms with Crippen LogP contribution in [0.2, 0.25) is 0 Å². The molecule has 170 valence electrons. The molecule has 0 bridgehead atoms. The molecular formula is C29H37NO2. The maximum absolute atomic E-state index is 12.3. The van der Waals surface area contributed by atoms with E-state index in [0.29, 0.717) is 16.9 Å². The number of carbonyl (C=O) groups excluding carboxylic acids is 1. The van der Waals surface area contributed by atoms with Crippen molar-refractivity contribution in [1.29, 1.82) is 5.26 Å². The number of aryl methyl sites for hydroxylation is 1. The van der Waals surface area contributed by atoms with Crippen LogP contribution in [-0.4, -0.2) is 5.97 Å². The zero-order valence-electron chi connectivity index (χ0n) is 19.5. The van der Waals surface area contributed by atoms with Gasteiger partial charge in [-0.3, -0.25) is 0 Å². The van der Waals surface area contributed by atoms with Gasteiger partial charge in [0.15, 0.2) is 0 Å². The SMILES string of the molecule is CCCCCC1CCC(CCCCc2ccc(C(=O)Oc3ccc(C#N)cc3)cc2)CC1. The zero-order chi connectivity index (χ0) is 22.6. The molecule has 2 aromatic carbocycles. The third kappa shape index (κ3) is 7.83. The van der Waals surface area contributed by atoms with Gasteiger partial charge in [-0.1, -0.05) is 83.3 Å². The van der Waals surface area contributed by atoms with E-state index < -0.39 is 0 Å². The van der Waals surface area contributed by atoms with Crippen molar-refractivity contribution in [2.75, 3.05) is 0 Å². The maximum atomic E-state index is 12.3. The maximum Gasteiger partial charge on any atom is 0.343 e. The second-order valence-corrected chi connectivity index (χ2v) is 9.35. The van der Waals surface area contributed by atoms with Crippen molar-refractivity contribution in [3.63, 3.8) is 0 Å². The summed E-state index contributed by atoms with van der Waals surface area (Å²) in [7, 11) is 0. The molecule has 1 fully saturated rings. The van der Waals surface area contributed by atoms with Gasteiger partial charge in [0, 0.05) is 0 Å². The normalized spacial score (nSPS) is 18.1. The van der Waals surface area contributed by atoms with Crippen LogP contribution in [0, 0.1) is 23.2 Å². The van der Waals surface area contributed by atoms with E-state index in [-0.39, 0.29) is 5.97 Å². The summed E-state index contributed by atoms with van der Waals surface area (Å²) in [6.45, 7) is 2.29. The number of carbonyl (C=O) groups is 1. The highest BCUT2D eigenvalue weighted by molar-refractivity contribution is 5.91. The number of benzene rings is 2. The average Bonchev–Trinajstić information content (AvgIpc) is 2.84. The van der Waals surface area contributed by atoms with E-state index >= 15 is 0 Å². The standard InChI is InChI=1S/C29H37NO2/c1-2-3-4-7-23-10-12-24(13-11-23)8-5-6-9-25-14-18-27(19-15-25)29(31)32-28-20-16-26(22-30)17-21-28/h14-21,23-24H,2-13H2,1H3. The molecule has 3 nitrogen and oxygen atoms in total. The van der Waals surface area contributed by atoms with Crippen LogP contribution >= 0.6 is 0 Å². The number of ether oxygens (including phenoxy) is 1. The molecule has 3 rings (SSSR count). The molecule has 0 unspecified atom stereocenters. The Kier molecular flexibility index (Phi) is 9.82. The highest BCUT2D eigenvalue weighted by Gasteiger charge is 2.20. The van der Waals surface area contributed by atoms with Crippen LogP contribution in [0.4, 0.5) is 0 Å². The molecule has 0 aromatic heterocycles. The van der Waals surface area contributed by atoms with Crippen molar-refractivity contribution in [2.24, 2.45) is 11.8 Å². The summed E-state index contributed by atoms with van der Waals surface area (Å²) in [5, 5.41) is 8.84. The van der Waals surface area contributed by atoms with Crippen molar-refractivity contribution < 1.29 is 9.53 Å². The molecule has 0 heterocycles. The Morgan fingerprint density at radius 1 is 0.875 bits per heavy atom. The van der Waals surface area contributed by atoms with E-state index in [1.807, 2.05) is 24.3 Å². The Bertz CT molecular complexity index is 856. The molecule has 0 aliphatic heterocycles. The number of esters is 1. The van der Waals surface area contributed by atoms with Crippen molar-refractivity contribution in [3.05, 3.63) is 65.2 Å². The van der Waals surface area contributed by atoms with Gasteiger partial charge in [-0.15, -0.1) is 0 Å². The second-order valence-electron chi connectivity index (χ2n) is 9.35. The van der Waals surface area contributed by atoms with Crippen LogP contribution in [0.3, 0.4) is 0 Å². The van der Waals surface area contributed by atoms with E-state index in [1.54, 1.807) is 24.3 Å². The topological polar surface area (TPSA) is 50.1 Å². The summed E-state index contributed by atoms with van der Waals surface area (Å²) in [6, 6.07) is 16.4. The molecule has 1 aliphatic rings. The molecule has 0 spiro atoms. The minimum atomic E-state index is -0.369. The molecule has 3 heteroatoms. The fourth-order valence-electron chi connectivity index (χ4n) is 4.82. The second kappa shape index (κ2) is 13.1. The predicted octanol–water partition coefficient (Wildman–Crippen LogP) is 7.88. The zero-order valence-corrected chi connectivity index (χ0v) is 19.5. The summed E-state index contributed by atoms with van der Waals surface area (Å²) in [6.07, 6.45) is 16.4. The van der Waals surface area contributed by atoms with E-state index in [1.165, 1.54) is 76.2 Å². The van der Waals surface area contributed by atoms with E-state index in [0.717, 1.165) is 18.3 Å². The minimum absolute atomic E-state index is 0.369. The van der Waals surface area contributed by atoms with Gasteiger partial charge in [0.2, 0.25) is 0 Å². The minimum Gasteiger partial charge on any atom is -0.423 e. The van der Waals surface area contributed by atoms with Crippen molar-refractivity contribution >= 4 is 5.97 Å². The monoisotopic (exact) mass is 431 g/mol. The van der Waals surface area contributed by atoms with E-state index in [4.69, 9.17) is 10.00 Å². The van der Waals surface area contributed by atoms with Gasteiger partial charge in [0.1, 0.15) is 5.75 Å². The molecule has 1 aliphatic carbocycles. The number of unbranched alkanes of at least 4 members (excludes halogenated alkanes) is 3. The van der Waals surface area contributed by atoms with Gasteiger partial charge < -0.3 is 4.74 Å². The lowest BCUT2D eigenvalue weighted by molar-refractivity contribution is 0.0734. The molecule has 0 N–H and O–H groups in total. The van der Waals surface area contributed by atoms with Gasteiger partial charge in [-0.05, 0) is 66.6 Å². The average molecular weight is 432 g/mol. The fourth-order valence-corrected chi connectivity index (χ4v) is 4.82. The third-order valence-electron chi connectivity index (χ3n) is 6.89. The lowest BCUT2D eigenvalue weighted by Crippen LogP contribution is -2.14. The van der Waals surface area contributed by atoms with Crippen LogP contribution in [0.15, 0.2) is 48.5 Å². The van der Waals surface area contributed by atoms with Crippen LogP contribution in [-0.2, 0) is 6.42 Å². The van der Waals surface area contributed by atoms with Gasteiger partial charge in [-0.2, -0.15) is 5.26 Å². The molecule has 0 saturated heterocycles. The first kappa shape index (κ1) is 24.1. The summed E-state index contributed by atoms with van der Waals surface area (Å²) < 4.78 is 5.39. The lowest BCUT2D eigenvalue weighted by Gasteiger charge is -2.28. The molecule has 1 saturated carbocycles. The number of nitriles is 1. The molecule has 2 aromatic rings. The van der Waals surface area contributed by atoms with Gasteiger partial charge >= 0.3 is 5.97 Å². The quantitative estimate of drug-likeness (QED) is 0.206. The van der Waals surface area contributed by atoms with Gasteiger partial charge in [0.05, 0.1) is 17.2 Å². The van der Waals surface area contributed by atoms with Gasteiger partial charge in [-0.25, -0.2) is 4.79 Å². The first-order valence-corrected chi connectivity index (χ1v) is 12.5. The predicted molar refractivity (Wildman–Crippen MR) is 130 cm³/mol.